The van der Waals surface area contributed by atoms with Gasteiger partial charge in [-0.1, -0.05) is 0 Å². The number of nitrogens with one attached hydrogen (secondary N) is 1. The van der Waals surface area contributed by atoms with Gasteiger partial charge in [0.2, 0.25) is 0 Å². The lowest BCUT2D eigenvalue weighted by atomic mass is 9.93. The van der Waals surface area contributed by atoms with Crippen molar-refractivity contribution in [2.45, 2.75) is 38.4 Å². The monoisotopic (exact) mass is 180 g/mol. The maximum atomic E-state index is 6.05. The first kappa shape index (κ1) is 8.56. The fourth-order valence-corrected chi connectivity index (χ4v) is 1.66. The number of aryl methyl sites for hydroxylation is 1. The van der Waals surface area contributed by atoms with Crippen LogP contribution < -0.4 is 11.1 Å². The summed E-state index contributed by atoms with van der Waals surface area (Å²) in [6, 6.07) is 2.16. The first-order chi connectivity index (χ1) is 6.09. The molecule has 0 spiro atoms. The van der Waals surface area contributed by atoms with Crippen molar-refractivity contribution < 1.29 is 0 Å². The Morgan fingerprint density at radius 2 is 2.46 bits per heavy atom. The fourth-order valence-electron chi connectivity index (χ4n) is 1.66. The van der Waals surface area contributed by atoms with E-state index >= 15 is 0 Å². The second-order valence-electron chi connectivity index (χ2n) is 4.18. The van der Waals surface area contributed by atoms with Crippen LogP contribution in [-0.4, -0.2) is 21.4 Å². The van der Waals surface area contributed by atoms with E-state index < -0.39 is 0 Å². The lowest BCUT2D eigenvalue weighted by Crippen LogP contribution is -2.48. The first-order valence-electron chi connectivity index (χ1n) is 4.65. The molecule has 0 fully saturated rings. The van der Waals surface area contributed by atoms with Crippen LogP contribution in [0.1, 0.15) is 20.3 Å². The molecule has 4 nitrogen and oxygen atoms in total. The summed E-state index contributed by atoms with van der Waals surface area (Å²) in [5.74, 6) is 1.07. The minimum absolute atomic E-state index is 0.0473. The van der Waals surface area contributed by atoms with Gasteiger partial charge in [0.1, 0.15) is 5.82 Å². The average Bonchev–Trinajstić information content (AvgIpc) is 2.43. The molecule has 3 N–H and O–H groups in total. The van der Waals surface area contributed by atoms with Crippen molar-refractivity contribution in [3.05, 3.63) is 12.3 Å². The predicted octanol–water partition coefficient (Wildman–Crippen LogP) is 0.805. The second kappa shape index (κ2) is 2.73. The van der Waals surface area contributed by atoms with E-state index in [1.54, 1.807) is 0 Å². The molecule has 1 atom stereocenters. The van der Waals surface area contributed by atoms with Crippen LogP contribution >= 0.6 is 0 Å². The van der Waals surface area contributed by atoms with Crippen molar-refractivity contribution >= 4 is 5.82 Å². The van der Waals surface area contributed by atoms with Crippen LogP contribution in [0, 0.1) is 0 Å². The lowest BCUT2D eigenvalue weighted by Gasteiger charge is -2.30. The number of fused-ring (bicyclic) bond motifs is 1. The minimum Gasteiger partial charge on any atom is -0.364 e. The van der Waals surface area contributed by atoms with Gasteiger partial charge in [-0.05, 0) is 20.3 Å². The Morgan fingerprint density at radius 3 is 3.23 bits per heavy atom. The van der Waals surface area contributed by atoms with Gasteiger partial charge >= 0.3 is 0 Å². The third-order valence-electron chi connectivity index (χ3n) is 2.75. The third kappa shape index (κ3) is 1.42. The average molecular weight is 180 g/mol. The Morgan fingerprint density at radius 1 is 1.69 bits per heavy atom. The molecular formula is C9H16N4. The maximum Gasteiger partial charge on any atom is 0.124 e. The number of nitrogens with two attached hydrogens (primary N) is 1. The van der Waals surface area contributed by atoms with E-state index in [0.29, 0.717) is 0 Å². The zero-order valence-corrected chi connectivity index (χ0v) is 8.12. The van der Waals surface area contributed by atoms with Crippen LogP contribution in [0.5, 0.6) is 0 Å². The molecule has 0 aromatic carbocycles. The van der Waals surface area contributed by atoms with Crippen LogP contribution in [0.2, 0.25) is 0 Å². The molecule has 72 valence electrons. The van der Waals surface area contributed by atoms with Gasteiger partial charge in [-0.15, -0.1) is 0 Å². The summed E-state index contributed by atoms with van der Waals surface area (Å²) in [5, 5.41) is 7.62. The molecule has 0 bridgehead atoms. The number of anilines is 1. The standard InChI is InChI=1S/C9H16N4/c1-9(2)7(10)4-6-13-8(12-9)3-5-11-13/h3,5,7,12H,4,6,10H2,1-2H3. The minimum atomic E-state index is -0.0473. The van der Waals surface area contributed by atoms with E-state index in [1.165, 1.54) is 0 Å². The van der Waals surface area contributed by atoms with Crippen molar-refractivity contribution in [3.8, 4) is 0 Å². The Labute approximate surface area is 78.1 Å². The van der Waals surface area contributed by atoms with Gasteiger partial charge in [-0.2, -0.15) is 5.10 Å². The fraction of sp³-hybridized carbons (Fsp3) is 0.667. The van der Waals surface area contributed by atoms with Gasteiger partial charge in [-0.25, -0.2) is 4.68 Å². The van der Waals surface area contributed by atoms with Gasteiger partial charge in [0.25, 0.3) is 0 Å². The van der Waals surface area contributed by atoms with E-state index in [1.807, 2.05) is 16.9 Å². The van der Waals surface area contributed by atoms with Crippen molar-refractivity contribution in [2.75, 3.05) is 5.32 Å². The third-order valence-corrected chi connectivity index (χ3v) is 2.75. The molecule has 4 heteroatoms. The van der Waals surface area contributed by atoms with Crippen molar-refractivity contribution in [3.63, 3.8) is 0 Å². The van der Waals surface area contributed by atoms with Crippen molar-refractivity contribution in [1.82, 2.24) is 9.78 Å². The van der Waals surface area contributed by atoms with E-state index in [4.69, 9.17) is 5.73 Å². The van der Waals surface area contributed by atoms with Crippen LogP contribution in [-0.2, 0) is 6.54 Å². The van der Waals surface area contributed by atoms with Gasteiger partial charge in [-0.3, -0.25) is 0 Å². The molecule has 0 amide bonds. The molecule has 1 aliphatic heterocycles. The number of hydrogen-bond donors (Lipinski definition) is 2. The van der Waals surface area contributed by atoms with Gasteiger partial charge < -0.3 is 11.1 Å². The molecule has 0 aliphatic carbocycles. The summed E-state index contributed by atoms with van der Waals surface area (Å²) in [7, 11) is 0. The summed E-state index contributed by atoms with van der Waals surface area (Å²) in [4.78, 5) is 0. The summed E-state index contributed by atoms with van der Waals surface area (Å²) in [5.41, 5.74) is 6.00. The van der Waals surface area contributed by atoms with Gasteiger partial charge in [0, 0.05) is 24.2 Å². The lowest BCUT2D eigenvalue weighted by molar-refractivity contribution is 0.415. The Hall–Kier alpha value is -1.03. The van der Waals surface area contributed by atoms with Crippen LogP contribution in [0.15, 0.2) is 12.3 Å². The molecule has 0 saturated carbocycles. The molecule has 1 aromatic heterocycles. The topological polar surface area (TPSA) is 55.9 Å². The zero-order chi connectivity index (χ0) is 9.47. The quantitative estimate of drug-likeness (QED) is 0.621. The second-order valence-corrected chi connectivity index (χ2v) is 4.18. The van der Waals surface area contributed by atoms with E-state index in [9.17, 15) is 0 Å². The SMILES string of the molecule is CC1(C)Nc2ccnn2CCC1N. The largest absolute Gasteiger partial charge is 0.364 e. The summed E-state index contributed by atoms with van der Waals surface area (Å²) in [6.07, 6.45) is 2.78. The molecule has 0 radical (unpaired) electrons. The Balaban J connectivity index is 2.32. The van der Waals surface area contributed by atoms with E-state index in [2.05, 4.69) is 24.3 Å². The Kier molecular flexibility index (Phi) is 1.80. The molecular weight excluding hydrogens is 164 g/mol. The van der Waals surface area contributed by atoms with E-state index in [-0.39, 0.29) is 11.6 Å². The van der Waals surface area contributed by atoms with Crippen molar-refractivity contribution in [2.24, 2.45) is 5.73 Å². The van der Waals surface area contributed by atoms with Crippen LogP contribution in [0.3, 0.4) is 0 Å². The molecule has 0 saturated heterocycles. The maximum absolute atomic E-state index is 6.05. The van der Waals surface area contributed by atoms with Crippen molar-refractivity contribution in [1.29, 1.82) is 0 Å². The number of nitrogens with zero attached hydrogens (tertiary/aromatic N) is 2. The molecule has 2 heterocycles. The highest BCUT2D eigenvalue weighted by molar-refractivity contribution is 5.38. The summed E-state index contributed by atoms with van der Waals surface area (Å²) >= 11 is 0. The van der Waals surface area contributed by atoms with Crippen LogP contribution in [0.4, 0.5) is 5.82 Å². The van der Waals surface area contributed by atoms with Gasteiger partial charge in [0.15, 0.2) is 0 Å². The summed E-state index contributed by atoms with van der Waals surface area (Å²) < 4.78 is 1.97. The highest BCUT2D eigenvalue weighted by Crippen LogP contribution is 2.23. The molecule has 13 heavy (non-hydrogen) atoms. The molecule has 1 unspecified atom stereocenters. The molecule has 1 aliphatic rings. The highest BCUT2D eigenvalue weighted by atomic mass is 15.3. The number of hydrogen-bond acceptors (Lipinski definition) is 3. The normalized spacial score (nSPS) is 25.9. The summed E-state index contributed by atoms with van der Waals surface area (Å²) in [6.45, 7) is 5.15. The molecule has 1 aromatic rings. The predicted molar refractivity (Wildman–Crippen MR) is 52.5 cm³/mol. The van der Waals surface area contributed by atoms with Crippen LogP contribution in [0.25, 0.3) is 0 Å². The highest BCUT2D eigenvalue weighted by Gasteiger charge is 2.29. The number of aromatic nitrogens is 2. The zero-order valence-electron chi connectivity index (χ0n) is 8.12. The smallest absolute Gasteiger partial charge is 0.124 e. The molecule has 2 rings (SSSR count). The number of rotatable bonds is 0. The van der Waals surface area contributed by atoms with E-state index in [0.717, 1.165) is 18.8 Å². The van der Waals surface area contributed by atoms with Gasteiger partial charge in [0.05, 0.1) is 6.20 Å². The Bertz CT molecular complexity index is 302. The first-order valence-corrected chi connectivity index (χ1v) is 4.65.